The van der Waals surface area contributed by atoms with Crippen LogP contribution in [-0.2, 0) is 0 Å². The van der Waals surface area contributed by atoms with E-state index in [2.05, 4.69) is 4.98 Å². The van der Waals surface area contributed by atoms with E-state index in [4.69, 9.17) is 5.11 Å². The average molecular weight is 201 g/mol. The first-order valence-corrected chi connectivity index (χ1v) is 4.81. The van der Waals surface area contributed by atoms with Crippen molar-refractivity contribution in [3.63, 3.8) is 0 Å². The molecule has 2 aromatic rings. The first-order valence-electron chi connectivity index (χ1n) is 4.81. The number of nitrogens with zero attached hydrogens (tertiary/aromatic N) is 1. The highest BCUT2D eigenvalue weighted by atomic mass is 16.3. The summed E-state index contributed by atoms with van der Waals surface area (Å²) in [6, 6.07) is 11.2. The zero-order chi connectivity index (χ0) is 11.1. The number of aryl methyl sites for hydroxylation is 2. The summed E-state index contributed by atoms with van der Waals surface area (Å²) in [6.45, 7) is 3.93. The van der Waals surface area contributed by atoms with E-state index < -0.39 is 0 Å². The van der Waals surface area contributed by atoms with Gasteiger partial charge in [0, 0.05) is 12.4 Å². The van der Waals surface area contributed by atoms with Gasteiger partial charge in [-0.15, -0.1) is 0 Å². The third kappa shape index (κ3) is 4.81. The molecule has 0 saturated carbocycles. The Balaban J connectivity index is 0.000000162. The maximum Gasteiger partial charge on any atom is 0.116 e. The Morgan fingerprint density at radius 1 is 0.867 bits per heavy atom. The van der Waals surface area contributed by atoms with Gasteiger partial charge in [0.2, 0.25) is 0 Å². The minimum Gasteiger partial charge on any atom is -0.508 e. The lowest BCUT2D eigenvalue weighted by molar-refractivity contribution is 0.474. The maximum absolute atomic E-state index is 8.99. The van der Waals surface area contributed by atoms with Crippen molar-refractivity contribution in [3.8, 4) is 5.75 Å². The van der Waals surface area contributed by atoms with Crippen molar-refractivity contribution in [2.45, 2.75) is 13.8 Å². The van der Waals surface area contributed by atoms with Crippen LogP contribution < -0.4 is 0 Å². The molecule has 0 saturated heterocycles. The van der Waals surface area contributed by atoms with E-state index in [0.717, 1.165) is 11.1 Å². The molecule has 0 spiro atoms. The Morgan fingerprint density at radius 3 is 1.67 bits per heavy atom. The fraction of sp³-hybridized carbons (Fsp3) is 0.154. The topological polar surface area (TPSA) is 33.1 Å². The van der Waals surface area contributed by atoms with Crippen LogP contribution in [-0.4, -0.2) is 10.1 Å². The Kier molecular flexibility index (Phi) is 4.35. The van der Waals surface area contributed by atoms with E-state index in [1.807, 2.05) is 38.1 Å². The fourth-order valence-corrected chi connectivity index (χ4v) is 1.26. The van der Waals surface area contributed by atoms with Gasteiger partial charge in [0.05, 0.1) is 0 Å². The van der Waals surface area contributed by atoms with Crippen LogP contribution >= 0.6 is 0 Å². The molecule has 2 rings (SSSR count). The van der Waals surface area contributed by atoms with Crippen LogP contribution in [0.4, 0.5) is 0 Å². The predicted molar refractivity (Wildman–Crippen MR) is 61.8 cm³/mol. The van der Waals surface area contributed by atoms with Crippen LogP contribution in [0, 0.1) is 13.8 Å². The molecule has 0 aliphatic heterocycles. The second kappa shape index (κ2) is 5.81. The lowest BCUT2D eigenvalue weighted by Crippen LogP contribution is -1.74. The van der Waals surface area contributed by atoms with Gasteiger partial charge in [0.1, 0.15) is 5.75 Å². The standard InChI is InChI=1S/C8H10O.C5H5N/c1-6-3-7(2)5-8(9)4-6;1-2-4-6-5-3-1/h3-5,9H,1-2H3;1-5H. The monoisotopic (exact) mass is 201 g/mol. The minimum absolute atomic E-state index is 0.354. The molecule has 0 aliphatic rings. The number of hydrogen-bond acceptors (Lipinski definition) is 2. The summed E-state index contributed by atoms with van der Waals surface area (Å²) in [5.41, 5.74) is 2.21. The van der Waals surface area contributed by atoms with Gasteiger partial charge in [-0.25, -0.2) is 0 Å². The highest BCUT2D eigenvalue weighted by Gasteiger charge is 1.89. The number of benzene rings is 1. The Labute approximate surface area is 90.2 Å². The van der Waals surface area contributed by atoms with Gasteiger partial charge in [-0.3, -0.25) is 4.98 Å². The molecule has 1 heterocycles. The first kappa shape index (κ1) is 11.2. The second-order valence-corrected chi connectivity index (χ2v) is 3.37. The van der Waals surface area contributed by atoms with Gasteiger partial charge in [0.25, 0.3) is 0 Å². The van der Waals surface area contributed by atoms with Crippen LogP contribution in [0.3, 0.4) is 0 Å². The van der Waals surface area contributed by atoms with Gasteiger partial charge in [-0.05, 0) is 49.2 Å². The summed E-state index contributed by atoms with van der Waals surface area (Å²) < 4.78 is 0. The lowest BCUT2D eigenvalue weighted by Gasteiger charge is -1.95. The summed E-state index contributed by atoms with van der Waals surface area (Å²) in [7, 11) is 0. The molecule has 0 fully saturated rings. The van der Waals surface area contributed by atoms with E-state index >= 15 is 0 Å². The van der Waals surface area contributed by atoms with Gasteiger partial charge in [-0.2, -0.15) is 0 Å². The summed E-state index contributed by atoms with van der Waals surface area (Å²) in [4.78, 5) is 3.78. The van der Waals surface area contributed by atoms with Crippen LogP contribution in [0.15, 0.2) is 48.8 Å². The molecule has 15 heavy (non-hydrogen) atoms. The van der Waals surface area contributed by atoms with E-state index in [9.17, 15) is 0 Å². The van der Waals surface area contributed by atoms with E-state index in [1.54, 1.807) is 24.5 Å². The molecule has 2 nitrogen and oxygen atoms in total. The molecule has 1 N–H and O–H groups in total. The van der Waals surface area contributed by atoms with Gasteiger partial charge < -0.3 is 5.11 Å². The summed E-state index contributed by atoms with van der Waals surface area (Å²) >= 11 is 0. The minimum atomic E-state index is 0.354. The Hall–Kier alpha value is -1.83. The Morgan fingerprint density at radius 2 is 1.40 bits per heavy atom. The van der Waals surface area contributed by atoms with Crippen molar-refractivity contribution in [1.82, 2.24) is 4.98 Å². The number of aromatic hydroxyl groups is 1. The van der Waals surface area contributed by atoms with Crippen molar-refractivity contribution in [1.29, 1.82) is 0 Å². The zero-order valence-corrected chi connectivity index (χ0v) is 9.01. The lowest BCUT2D eigenvalue weighted by atomic mass is 10.1. The van der Waals surface area contributed by atoms with Crippen molar-refractivity contribution >= 4 is 0 Å². The highest BCUT2D eigenvalue weighted by Crippen LogP contribution is 2.13. The molecule has 0 amide bonds. The number of phenols is 1. The molecular formula is C13H15NO. The molecule has 0 radical (unpaired) electrons. The van der Waals surface area contributed by atoms with E-state index in [-0.39, 0.29) is 0 Å². The maximum atomic E-state index is 8.99. The number of pyridine rings is 1. The number of hydrogen-bond donors (Lipinski definition) is 1. The molecule has 0 atom stereocenters. The quantitative estimate of drug-likeness (QED) is 0.710. The van der Waals surface area contributed by atoms with E-state index in [0.29, 0.717) is 5.75 Å². The molecule has 1 aromatic heterocycles. The normalized spacial score (nSPS) is 8.93. The summed E-state index contributed by atoms with van der Waals surface area (Å²) in [5, 5.41) is 8.99. The van der Waals surface area contributed by atoms with Crippen LogP contribution in [0.5, 0.6) is 5.75 Å². The van der Waals surface area contributed by atoms with Crippen molar-refractivity contribution < 1.29 is 5.11 Å². The molecular weight excluding hydrogens is 186 g/mol. The molecule has 0 unspecified atom stereocenters. The molecule has 1 aromatic carbocycles. The van der Waals surface area contributed by atoms with Gasteiger partial charge >= 0.3 is 0 Å². The highest BCUT2D eigenvalue weighted by molar-refractivity contribution is 5.31. The predicted octanol–water partition coefficient (Wildman–Crippen LogP) is 3.09. The number of rotatable bonds is 0. The van der Waals surface area contributed by atoms with Crippen molar-refractivity contribution in [3.05, 3.63) is 59.9 Å². The third-order valence-corrected chi connectivity index (χ3v) is 1.77. The number of aromatic nitrogens is 1. The fourth-order valence-electron chi connectivity index (χ4n) is 1.26. The molecule has 2 heteroatoms. The van der Waals surface area contributed by atoms with Crippen molar-refractivity contribution in [2.24, 2.45) is 0 Å². The van der Waals surface area contributed by atoms with Crippen LogP contribution in [0.2, 0.25) is 0 Å². The van der Waals surface area contributed by atoms with Gasteiger partial charge in [0.15, 0.2) is 0 Å². The third-order valence-electron chi connectivity index (χ3n) is 1.77. The smallest absolute Gasteiger partial charge is 0.116 e. The second-order valence-electron chi connectivity index (χ2n) is 3.37. The van der Waals surface area contributed by atoms with Crippen LogP contribution in [0.1, 0.15) is 11.1 Å². The van der Waals surface area contributed by atoms with E-state index in [1.165, 1.54) is 0 Å². The zero-order valence-electron chi connectivity index (χ0n) is 9.01. The SMILES string of the molecule is Cc1cc(C)cc(O)c1.c1ccncc1. The summed E-state index contributed by atoms with van der Waals surface area (Å²) in [5.74, 6) is 0.354. The molecule has 0 aliphatic carbocycles. The van der Waals surface area contributed by atoms with Crippen LogP contribution in [0.25, 0.3) is 0 Å². The first-order chi connectivity index (χ1) is 7.18. The summed E-state index contributed by atoms with van der Waals surface area (Å²) in [6.07, 6.45) is 3.50. The molecule has 78 valence electrons. The Bertz CT molecular complexity index is 321. The largest absolute Gasteiger partial charge is 0.508 e. The van der Waals surface area contributed by atoms with Crippen molar-refractivity contribution in [2.75, 3.05) is 0 Å². The number of phenolic OH excluding ortho intramolecular Hbond substituents is 1. The van der Waals surface area contributed by atoms with Gasteiger partial charge in [-0.1, -0.05) is 12.1 Å². The molecule has 0 bridgehead atoms. The average Bonchev–Trinajstić information content (AvgIpc) is 2.19.